The molecule has 3 N–H and O–H groups in total. The molecule has 0 saturated heterocycles. The monoisotopic (exact) mass is 125 g/mol. The van der Waals surface area contributed by atoms with Gasteiger partial charge < -0.3 is 5.11 Å². The molecule has 5 heteroatoms. The summed E-state index contributed by atoms with van der Waals surface area (Å²) in [4.78, 5) is 0. The van der Waals surface area contributed by atoms with Gasteiger partial charge in [-0.05, 0) is 6.92 Å². The predicted octanol–water partition coefficient (Wildman–Crippen LogP) is -1.39. The van der Waals surface area contributed by atoms with E-state index in [1.54, 1.807) is 0 Å². The summed E-state index contributed by atoms with van der Waals surface area (Å²) >= 11 is 0. The van der Waals surface area contributed by atoms with Crippen molar-refractivity contribution in [2.75, 3.05) is 0 Å². The fourth-order valence-electron chi connectivity index (χ4n) is 0. The average molecular weight is 125 g/mol. The van der Waals surface area contributed by atoms with E-state index < -0.39 is 15.5 Å². The lowest BCUT2D eigenvalue weighted by Crippen LogP contribution is -2.24. The van der Waals surface area contributed by atoms with E-state index in [0.29, 0.717) is 0 Å². The van der Waals surface area contributed by atoms with Crippen LogP contribution in [-0.4, -0.2) is 19.0 Å². The van der Waals surface area contributed by atoms with Crippen molar-refractivity contribution >= 4 is 10.0 Å². The van der Waals surface area contributed by atoms with Crippen molar-refractivity contribution in [1.29, 1.82) is 0 Å². The largest absolute Gasteiger partial charge is 0.376 e. The molecule has 0 spiro atoms. The molecule has 0 radical (unpaired) electrons. The van der Waals surface area contributed by atoms with Crippen molar-refractivity contribution < 1.29 is 13.5 Å². The van der Waals surface area contributed by atoms with E-state index in [1.165, 1.54) is 0 Å². The molecule has 4 nitrogen and oxygen atoms in total. The fraction of sp³-hybridized carbons (Fsp3) is 1.00. The zero-order valence-corrected chi connectivity index (χ0v) is 4.64. The maximum absolute atomic E-state index is 9.86. The lowest BCUT2D eigenvalue weighted by atomic mass is 10.9. The Morgan fingerprint density at radius 3 is 1.86 bits per heavy atom. The van der Waals surface area contributed by atoms with Crippen LogP contribution in [0, 0.1) is 0 Å². The van der Waals surface area contributed by atoms with Gasteiger partial charge in [0.15, 0.2) is 5.44 Å². The molecule has 0 unspecified atom stereocenters. The molecule has 0 aromatic rings. The Labute approximate surface area is 42.0 Å². The van der Waals surface area contributed by atoms with Crippen molar-refractivity contribution in [1.82, 2.24) is 0 Å². The van der Waals surface area contributed by atoms with Gasteiger partial charge in [-0.25, -0.2) is 13.6 Å². The lowest BCUT2D eigenvalue weighted by Gasteiger charge is -1.95. The Balaban J connectivity index is 4.10. The third kappa shape index (κ3) is 2.55. The number of hydrogen-bond donors (Lipinski definition) is 2. The molecule has 0 aromatic carbocycles. The van der Waals surface area contributed by atoms with Crippen LogP contribution >= 0.6 is 0 Å². The van der Waals surface area contributed by atoms with Gasteiger partial charge in [-0.15, -0.1) is 0 Å². The average Bonchev–Trinajstić information content (AvgIpc) is 1.31. The molecule has 7 heavy (non-hydrogen) atoms. The van der Waals surface area contributed by atoms with Crippen LogP contribution in [0.25, 0.3) is 0 Å². The number of sulfonamides is 1. The minimum Gasteiger partial charge on any atom is -0.376 e. The number of rotatable bonds is 1. The SMILES string of the molecule is C[C@H](O)S(N)(=O)=O. The van der Waals surface area contributed by atoms with E-state index in [-0.39, 0.29) is 0 Å². The molecular weight excluding hydrogens is 118 g/mol. The van der Waals surface area contributed by atoms with Crippen LogP contribution in [0.5, 0.6) is 0 Å². The first-order valence-corrected chi connectivity index (χ1v) is 3.25. The number of hydrogen-bond acceptors (Lipinski definition) is 3. The molecule has 44 valence electrons. The highest BCUT2D eigenvalue weighted by atomic mass is 32.2. The van der Waals surface area contributed by atoms with Crippen LogP contribution in [0.2, 0.25) is 0 Å². The zero-order chi connectivity index (χ0) is 6.08. The summed E-state index contributed by atoms with van der Waals surface area (Å²) in [5.74, 6) is 0. The number of primary sulfonamides is 1. The van der Waals surface area contributed by atoms with Crippen LogP contribution in [0.3, 0.4) is 0 Å². The Kier molecular flexibility index (Phi) is 1.74. The summed E-state index contributed by atoms with van der Waals surface area (Å²) < 4.78 is 19.7. The van der Waals surface area contributed by atoms with Gasteiger partial charge in [-0.3, -0.25) is 0 Å². The third-order valence-corrected chi connectivity index (χ3v) is 1.43. The predicted molar refractivity (Wildman–Crippen MR) is 24.8 cm³/mol. The van der Waals surface area contributed by atoms with E-state index in [2.05, 4.69) is 5.14 Å². The first-order chi connectivity index (χ1) is 2.94. The van der Waals surface area contributed by atoms with Crippen LogP contribution in [0.4, 0.5) is 0 Å². The minimum atomic E-state index is -3.69. The topological polar surface area (TPSA) is 80.4 Å². The van der Waals surface area contributed by atoms with E-state index >= 15 is 0 Å². The van der Waals surface area contributed by atoms with Crippen LogP contribution in [0.15, 0.2) is 0 Å². The van der Waals surface area contributed by atoms with Gasteiger partial charge in [-0.1, -0.05) is 0 Å². The van der Waals surface area contributed by atoms with Gasteiger partial charge in [0.05, 0.1) is 0 Å². The Bertz CT molecular complexity index is 135. The number of aliphatic hydroxyl groups is 1. The van der Waals surface area contributed by atoms with E-state index in [4.69, 9.17) is 5.11 Å². The molecule has 0 aliphatic heterocycles. The molecule has 0 aromatic heterocycles. The van der Waals surface area contributed by atoms with Crippen LogP contribution < -0.4 is 5.14 Å². The summed E-state index contributed by atoms with van der Waals surface area (Å²) in [6, 6.07) is 0. The summed E-state index contributed by atoms with van der Waals surface area (Å²) in [5, 5.41) is 12.6. The van der Waals surface area contributed by atoms with Gasteiger partial charge in [0.2, 0.25) is 10.0 Å². The fourth-order valence-corrected chi connectivity index (χ4v) is 0. The molecule has 0 amide bonds. The molecule has 0 aliphatic carbocycles. The second-order valence-corrected chi connectivity index (χ2v) is 3.05. The molecule has 0 rings (SSSR count). The normalized spacial score (nSPS) is 16.4. The third-order valence-electron chi connectivity index (χ3n) is 0.475. The number of aliphatic hydroxyl groups excluding tert-OH is 1. The van der Waals surface area contributed by atoms with E-state index in [0.717, 1.165) is 6.92 Å². The zero-order valence-electron chi connectivity index (χ0n) is 3.83. The smallest absolute Gasteiger partial charge is 0.235 e. The van der Waals surface area contributed by atoms with Crippen molar-refractivity contribution in [3.05, 3.63) is 0 Å². The first-order valence-electron chi connectivity index (χ1n) is 1.64. The van der Waals surface area contributed by atoms with Gasteiger partial charge in [-0.2, -0.15) is 0 Å². The van der Waals surface area contributed by atoms with Crippen LogP contribution in [0.1, 0.15) is 6.92 Å². The molecule has 0 bridgehead atoms. The Morgan fingerprint density at radius 2 is 1.86 bits per heavy atom. The minimum absolute atomic E-state index is 1.09. The standard InChI is InChI=1S/C2H7NO3S/c1-2(4)7(3,5)6/h2,4H,1H3,(H2,3,5,6)/t2-/m1/s1. The second-order valence-electron chi connectivity index (χ2n) is 1.19. The molecule has 1 atom stereocenters. The van der Waals surface area contributed by atoms with Crippen molar-refractivity contribution in [3.8, 4) is 0 Å². The summed E-state index contributed by atoms with van der Waals surface area (Å²) in [7, 11) is -3.69. The second kappa shape index (κ2) is 1.77. The Hall–Kier alpha value is -0.130. The lowest BCUT2D eigenvalue weighted by molar-refractivity contribution is 0.268. The summed E-state index contributed by atoms with van der Waals surface area (Å²) in [5.41, 5.74) is -1.45. The van der Waals surface area contributed by atoms with Crippen molar-refractivity contribution in [2.24, 2.45) is 5.14 Å². The summed E-state index contributed by atoms with van der Waals surface area (Å²) in [6.07, 6.45) is 0. The maximum atomic E-state index is 9.86. The van der Waals surface area contributed by atoms with Gasteiger partial charge >= 0.3 is 0 Å². The Morgan fingerprint density at radius 1 is 1.71 bits per heavy atom. The van der Waals surface area contributed by atoms with E-state index in [1.807, 2.05) is 0 Å². The van der Waals surface area contributed by atoms with Gasteiger partial charge in [0.25, 0.3) is 0 Å². The summed E-state index contributed by atoms with van der Waals surface area (Å²) in [6.45, 7) is 1.09. The van der Waals surface area contributed by atoms with Crippen molar-refractivity contribution in [2.45, 2.75) is 12.4 Å². The quantitative estimate of drug-likeness (QED) is 0.453. The molecular formula is C2H7NO3S. The molecule has 0 aliphatic rings. The highest BCUT2D eigenvalue weighted by Gasteiger charge is 2.08. The van der Waals surface area contributed by atoms with Gasteiger partial charge in [0, 0.05) is 0 Å². The maximum Gasteiger partial charge on any atom is 0.235 e. The molecule has 0 saturated carbocycles. The van der Waals surface area contributed by atoms with E-state index in [9.17, 15) is 8.42 Å². The molecule has 0 heterocycles. The highest BCUT2D eigenvalue weighted by molar-refractivity contribution is 7.89. The van der Waals surface area contributed by atoms with Crippen molar-refractivity contribution in [3.63, 3.8) is 0 Å². The first kappa shape index (κ1) is 6.87. The number of nitrogens with two attached hydrogens (primary N) is 1. The van der Waals surface area contributed by atoms with Gasteiger partial charge in [0.1, 0.15) is 0 Å². The molecule has 0 fully saturated rings. The highest BCUT2D eigenvalue weighted by Crippen LogP contribution is 1.84. The van der Waals surface area contributed by atoms with Crippen LogP contribution in [-0.2, 0) is 10.0 Å².